The summed E-state index contributed by atoms with van der Waals surface area (Å²) in [5, 5.41) is 12.0. The zero-order valence-corrected chi connectivity index (χ0v) is 15.7. The molecular weight excluding hydrogens is 382 g/mol. The van der Waals surface area contributed by atoms with E-state index >= 15 is 0 Å². The van der Waals surface area contributed by atoms with Gasteiger partial charge in [-0.3, -0.25) is 10.1 Å². The Morgan fingerprint density at radius 1 is 0.852 bits per heavy atom. The normalized spacial score (nSPS) is 11.9. The minimum absolute atomic E-state index is 0.0125. The van der Waals surface area contributed by atoms with Gasteiger partial charge in [0.2, 0.25) is 9.84 Å². The van der Waals surface area contributed by atoms with Crippen molar-refractivity contribution in [2.45, 2.75) is 9.79 Å². The van der Waals surface area contributed by atoms with Gasteiger partial charge < -0.3 is 0 Å². The highest BCUT2D eigenvalue weighted by Crippen LogP contribution is 2.36. The summed E-state index contributed by atoms with van der Waals surface area (Å²) in [4.78, 5) is 11.8. The monoisotopic (exact) mass is 397 g/mol. The van der Waals surface area contributed by atoms with E-state index in [9.17, 15) is 18.5 Å². The van der Waals surface area contributed by atoms with Gasteiger partial charge in [0.15, 0.2) is 0 Å². The third-order valence-electron chi connectivity index (χ3n) is 3.67. The molecule has 0 N–H and O–H groups in total. The number of rotatable bonds is 6. The van der Waals surface area contributed by atoms with E-state index in [1.807, 2.05) is 30.3 Å². The SMILES string of the molecule is O=[N+]([O-])c1ccc(S/C(=C/S(=O)(=O)c2ccccc2)c2ccccc2)cc1. The molecular formula is C20H15NO4S2. The van der Waals surface area contributed by atoms with Gasteiger partial charge in [-0.05, 0) is 29.8 Å². The average molecular weight is 397 g/mol. The predicted molar refractivity (Wildman–Crippen MR) is 107 cm³/mol. The Balaban J connectivity index is 2.01. The molecule has 0 aliphatic rings. The zero-order chi connectivity index (χ0) is 19.3. The van der Waals surface area contributed by atoms with E-state index in [4.69, 9.17) is 0 Å². The van der Waals surface area contributed by atoms with Gasteiger partial charge in [-0.1, -0.05) is 60.3 Å². The smallest absolute Gasteiger partial charge is 0.258 e. The van der Waals surface area contributed by atoms with Crippen LogP contribution in [0.15, 0.2) is 100 Å². The maximum Gasteiger partial charge on any atom is 0.269 e. The predicted octanol–water partition coefficient (Wildman–Crippen LogP) is 5.16. The van der Waals surface area contributed by atoms with Crippen LogP contribution < -0.4 is 0 Å². The van der Waals surface area contributed by atoms with Gasteiger partial charge in [-0.2, -0.15) is 0 Å². The van der Waals surface area contributed by atoms with Crippen molar-refractivity contribution in [3.8, 4) is 0 Å². The fourth-order valence-electron chi connectivity index (χ4n) is 2.34. The van der Waals surface area contributed by atoms with Crippen LogP contribution in [0.3, 0.4) is 0 Å². The lowest BCUT2D eigenvalue weighted by atomic mass is 10.2. The number of nitro benzene ring substituents is 1. The van der Waals surface area contributed by atoms with Gasteiger partial charge >= 0.3 is 0 Å². The van der Waals surface area contributed by atoms with E-state index in [0.717, 1.165) is 5.56 Å². The minimum atomic E-state index is -3.64. The highest BCUT2D eigenvalue weighted by molar-refractivity contribution is 8.09. The number of nitrogens with zero attached hydrogens (tertiary/aromatic N) is 1. The Kier molecular flexibility index (Phi) is 5.73. The summed E-state index contributed by atoms with van der Waals surface area (Å²) < 4.78 is 25.5. The molecule has 27 heavy (non-hydrogen) atoms. The highest BCUT2D eigenvalue weighted by Gasteiger charge is 2.15. The molecule has 0 unspecified atom stereocenters. The van der Waals surface area contributed by atoms with Gasteiger partial charge in [0.05, 0.1) is 15.2 Å². The van der Waals surface area contributed by atoms with Crippen molar-refractivity contribution in [2.24, 2.45) is 0 Å². The van der Waals surface area contributed by atoms with Crippen molar-refractivity contribution in [1.82, 2.24) is 0 Å². The molecule has 0 aliphatic heterocycles. The minimum Gasteiger partial charge on any atom is -0.258 e. The maximum atomic E-state index is 12.8. The van der Waals surface area contributed by atoms with Crippen molar-refractivity contribution in [1.29, 1.82) is 0 Å². The lowest BCUT2D eigenvalue weighted by Gasteiger charge is -2.09. The quantitative estimate of drug-likeness (QED) is 0.326. The van der Waals surface area contributed by atoms with E-state index < -0.39 is 14.8 Å². The molecule has 0 saturated carbocycles. The second kappa shape index (κ2) is 8.20. The van der Waals surface area contributed by atoms with Gasteiger partial charge in [0.25, 0.3) is 5.69 Å². The fraction of sp³-hybridized carbons (Fsp3) is 0. The molecule has 0 atom stereocenters. The van der Waals surface area contributed by atoms with Crippen LogP contribution >= 0.6 is 11.8 Å². The molecule has 0 aliphatic carbocycles. The summed E-state index contributed by atoms with van der Waals surface area (Å²) >= 11 is 1.24. The maximum absolute atomic E-state index is 12.8. The molecule has 0 amide bonds. The molecule has 3 aromatic rings. The van der Waals surface area contributed by atoms with E-state index in [1.54, 1.807) is 42.5 Å². The van der Waals surface area contributed by atoms with Gasteiger partial charge in [-0.25, -0.2) is 8.42 Å². The molecule has 7 heteroatoms. The summed E-state index contributed by atoms with van der Waals surface area (Å²) in [6, 6.07) is 23.4. The summed E-state index contributed by atoms with van der Waals surface area (Å²) in [6.07, 6.45) is 0. The Hall–Kier alpha value is -2.90. The van der Waals surface area contributed by atoms with E-state index in [1.165, 1.54) is 29.3 Å². The Bertz CT molecular complexity index is 1060. The summed E-state index contributed by atoms with van der Waals surface area (Å²) in [5.74, 6) is 0. The van der Waals surface area contributed by atoms with Crippen molar-refractivity contribution in [2.75, 3.05) is 0 Å². The molecule has 0 saturated heterocycles. The summed E-state index contributed by atoms with van der Waals surface area (Å²) in [6.45, 7) is 0. The molecule has 0 bridgehead atoms. The third kappa shape index (κ3) is 4.84. The Labute approximate surface area is 161 Å². The number of thioether (sulfide) groups is 1. The first-order valence-electron chi connectivity index (χ1n) is 7.95. The molecule has 136 valence electrons. The van der Waals surface area contributed by atoms with Crippen molar-refractivity contribution < 1.29 is 13.3 Å². The number of nitro groups is 1. The van der Waals surface area contributed by atoms with Crippen molar-refractivity contribution >= 4 is 32.2 Å². The number of benzene rings is 3. The molecule has 0 heterocycles. The van der Waals surface area contributed by atoms with Crippen LogP contribution in [0.4, 0.5) is 5.69 Å². The second-order valence-electron chi connectivity index (χ2n) is 5.56. The molecule has 0 fully saturated rings. The largest absolute Gasteiger partial charge is 0.269 e. The number of sulfone groups is 1. The van der Waals surface area contributed by atoms with Crippen molar-refractivity contribution in [3.63, 3.8) is 0 Å². The standard InChI is InChI=1S/C20H15NO4S2/c22-21(23)17-11-13-18(14-12-17)26-20(16-7-3-1-4-8-16)15-27(24,25)19-9-5-2-6-10-19/h1-15H/b20-15+. The summed E-state index contributed by atoms with van der Waals surface area (Å²) in [7, 11) is -3.64. The zero-order valence-electron chi connectivity index (χ0n) is 14.1. The highest BCUT2D eigenvalue weighted by atomic mass is 32.2. The lowest BCUT2D eigenvalue weighted by molar-refractivity contribution is -0.384. The van der Waals surface area contributed by atoms with Crippen LogP contribution in [-0.2, 0) is 9.84 Å². The van der Waals surface area contributed by atoms with Crippen LogP contribution in [-0.4, -0.2) is 13.3 Å². The lowest BCUT2D eigenvalue weighted by Crippen LogP contribution is -1.97. The number of non-ortho nitro benzene ring substituents is 1. The van der Waals surface area contributed by atoms with E-state index in [2.05, 4.69) is 0 Å². The second-order valence-corrected chi connectivity index (χ2v) is 8.47. The first-order chi connectivity index (χ1) is 13.0. The Morgan fingerprint density at radius 3 is 1.96 bits per heavy atom. The van der Waals surface area contributed by atoms with Gasteiger partial charge in [-0.15, -0.1) is 0 Å². The van der Waals surface area contributed by atoms with Crippen molar-refractivity contribution in [3.05, 3.63) is 106 Å². The van der Waals surface area contributed by atoms with Crippen LogP contribution in [0.1, 0.15) is 5.56 Å². The van der Waals surface area contributed by atoms with Crippen LogP contribution in [0.25, 0.3) is 4.91 Å². The molecule has 0 radical (unpaired) electrons. The van der Waals surface area contributed by atoms with Crippen LogP contribution in [0.2, 0.25) is 0 Å². The first-order valence-corrected chi connectivity index (χ1v) is 10.3. The van der Waals surface area contributed by atoms with Gasteiger partial charge in [0.1, 0.15) is 0 Å². The molecule has 0 aromatic heterocycles. The number of hydrogen-bond donors (Lipinski definition) is 0. The van der Waals surface area contributed by atoms with Crippen LogP contribution in [0, 0.1) is 10.1 Å². The van der Waals surface area contributed by atoms with E-state index in [0.29, 0.717) is 9.80 Å². The van der Waals surface area contributed by atoms with E-state index in [-0.39, 0.29) is 10.6 Å². The first kappa shape index (κ1) is 18.9. The molecule has 5 nitrogen and oxygen atoms in total. The average Bonchev–Trinajstić information content (AvgIpc) is 2.69. The van der Waals surface area contributed by atoms with Gasteiger partial charge in [0, 0.05) is 21.9 Å². The topological polar surface area (TPSA) is 77.3 Å². The molecule has 3 rings (SSSR count). The third-order valence-corrected chi connectivity index (χ3v) is 6.37. The fourth-order valence-corrected chi connectivity index (χ4v) is 4.78. The van der Waals surface area contributed by atoms with Crippen LogP contribution in [0.5, 0.6) is 0 Å². The summed E-state index contributed by atoms with van der Waals surface area (Å²) in [5.41, 5.74) is 0.738. The number of hydrogen-bond acceptors (Lipinski definition) is 5. The molecule has 3 aromatic carbocycles. The Morgan fingerprint density at radius 2 is 1.41 bits per heavy atom. The molecule has 0 spiro atoms.